The number of hydrogen-bond donors (Lipinski definition) is 2. The lowest BCUT2D eigenvalue weighted by molar-refractivity contribution is -0.159. The Hall–Kier alpha value is -1.39. The van der Waals surface area contributed by atoms with Crippen molar-refractivity contribution in [1.29, 1.82) is 0 Å². The fraction of sp³-hybridized carbons (Fsp3) is 0.923. The number of nitrogens with one attached hydrogen (secondary N) is 1. The van der Waals surface area contributed by atoms with Crippen molar-refractivity contribution < 1.29 is 24.2 Å². The number of aliphatic hydroxyl groups excluding tert-OH is 1. The number of carbonyl (C=O) groups excluding carboxylic acids is 2. The molecule has 0 aliphatic carbocycles. The molecule has 2 saturated heterocycles. The lowest BCUT2D eigenvalue weighted by Gasteiger charge is -2.45. The Kier molecular flexibility index (Phi) is 14.8. The van der Waals surface area contributed by atoms with Crippen molar-refractivity contribution in [2.24, 2.45) is 5.11 Å². The minimum Gasteiger partial charge on any atom is -0.394 e. The summed E-state index contributed by atoms with van der Waals surface area (Å²) in [6, 6.07) is -1.24. The summed E-state index contributed by atoms with van der Waals surface area (Å²) in [5.41, 5.74) is 8.81. The van der Waals surface area contributed by atoms with Crippen LogP contribution in [0.15, 0.2) is 5.11 Å². The number of aliphatic hydroxyl groups is 1. The molecule has 10 nitrogen and oxygen atoms in total. The summed E-state index contributed by atoms with van der Waals surface area (Å²) >= 11 is 3.44. The van der Waals surface area contributed by atoms with Gasteiger partial charge in [0.05, 0.1) is 18.8 Å². The van der Waals surface area contributed by atoms with E-state index in [0.29, 0.717) is 6.61 Å². The van der Waals surface area contributed by atoms with Gasteiger partial charge in [0.25, 0.3) is 0 Å². The van der Waals surface area contributed by atoms with Gasteiger partial charge in [-0.2, -0.15) is 0 Å². The van der Waals surface area contributed by atoms with E-state index in [1.165, 1.54) is 75.5 Å². The quantitative estimate of drug-likeness (QED) is 0.0600. The molecule has 2 fully saturated rings. The Morgan fingerprint density at radius 3 is 2.14 bits per heavy atom. The number of alkyl halides is 1. The first-order valence-electron chi connectivity index (χ1n) is 14.1. The van der Waals surface area contributed by atoms with E-state index in [0.717, 1.165) is 19.3 Å². The van der Waals surface area contributed by atoms with Crippen LogP contribution in [0, 0.1) is 0 Å². The molecule has 5 atom stereocenters. The molecule has 0 aromatic rings. The average Bonchev–Trinajstić information content (AvgIpc) is 3.27. The maximum atomic E-state index is 12.8. The molecular formula is C26H46BrN5O5. The predicted octanol–water partition coefficient (Wildman–Crippen LogP) is 6.30. The van der Waals surface area contributed by atoms with Crippen molar-refractivity contribution in [2.75, 3.05) is 13.2 Å². The minimum atomic E-state index is -1.18. The van der Waals surface area contributed by atoms with Crippen LogP contribution < -0.4 is 5.32 Å². The van der Waals surface area contributed by atoms with E-state index in [1.54, 1.807) is 6.92 Å². The number of unbranched alkanes of at least 4 members (excludes halogenated alkanes) is 13. The molecular weight excluding hydrogens is 542 g/mol. The van der Waals surface area contributed by atoms with Crippen molar-refractivity contribution in [1.82, 2.24) is 10.2 Å². The van der Waals surface area contributed by atoms with Crippen molar-refractivity contribution in [3.8, 4) is 0 Å². The highest BCUT2D eigenvalue weighted by Crippen LogP contribution is 2.36. The zero-order valence-electron chi connectivity index (χ0n) is 22.6. The lowest BCUT2D eigenvalue weighted by atomic mass is 10.0. The van der Waals surface area contributed by atoms with Gasteiger partial charge in [-0.1, -0.05) is 111 Å². The largest absolute Gasteiger partial charge is 0.394 e. The van der Waals surface area contributed by atoms with Gasteiger partial charge in [0.2, 0.25) is 5.91 Å². The summed E-state index contributed by atoms with van der Waals surface area (Å²) in [5.74, 6) is -0.483. The Bertz CT molecular complexity index is 749. The average molecular weight is 589 g/mol. The van der Waals surface area contributed by atoms with Crippen LogP contribution in [0.5, 0.6) is 0 Å². The van der Waals surface area contributed by atoms with Crippen molar-refractivity contribution >= 4 is 27.9 Å². The zero-order chi connectivity index (χ0) is 27.1. The van der Waals surface area contributed by atoms with Gasteiger partial charge in [-0.15, -0.1) is 0 Å². The molecule has 0 aromatic carbocycles. The number of carbonyl (C=O) groups is 2. The van der Waals surface area contributed by atoms with E-state index < -0.39 is 40.9 Å². The van der Waals surface area contributed by atoms with Crippen molar-refractivity contribution in [3.63, 3.8) is 0 Å². The minimum absolute atomic E-state index is 0.207. The smallest absolute Gasteiger partial charge is 0.328 e. The number of urea groups is 1. The number of rotatable bonds is 19. The molecule has 0 spiro atoms. The number of hydrogen-bond acceptors (Lipinski definition) is 6. The number of ether oxygens (including phenoxy) is 2. The van der Waals surface area contributed by atoms with Crippen molar-refractivity contribution in [2.45, 2.75) is 139 Å². The summed E-state index contributed by atoms with van der Waals surface area (Å²) in [6.45, 7) is 3.96. The maximum absolute atomic E-state index is 12.8. The fourth-order valence-electron chi connectivity index (χ4n) is 5.01. The van der Waals surface area contributed by atoms with Gasteiger partial charge in [-0.05, 0) is 18.9 Å². The Balaban J connectivity index is 1.71. The highest BCUT2D eigenvalue weighted by atomic mass is 79.9. The normalized spacial score (nSPS) is 27.8. The van der Waals surface area contributed by atoms with E-state index in [-0.39, 0.29) is 13.0 Å². The molecule has 212 valence electrons. The zero-order valence-corrected chi connectivity index (χ0v) is 24.2. The summed E-state index contributed by atoms with van der Waals surface area (Å²) in [5, 5.41) is 15.6. The molecule has 2 rings (SSSR count). The second kappa shape index (κ2) is 17.2. The molecule has 2 aliphatic rings. The van der Waals surface area contributed by atoms with Gasteiger partial charge in [0, 0.05) is 17.9 Å². The van der Waals surface area contributed by atoms with Crippen LogP contribution in [-0.4, -0.2) is 64.1 Å². The third-order valence-electron chi connectivity index (χ3n) is 7.28. The highest BCUT2D eigenvalue weighted by Gasteiger charge is 2.54. The molecule has 2 aliphatic heterocycles. The first kappa shape index (κ1) is 31.8. The first-order valence-corrected chi connectivity index (χ1v) is 14.9. The third-order valence-corrected chi connectivity index (χ3v) is 8.04. The second-order valence-electron chi connectivity index (χ2n) is 10.4. The Morgan fingerprint density at radius 1 is 1.08 bits per heavy atom. The van der Waals surface area contributed by atoms with Gasteiger partial charge in [-0.25, -0.2) is 4.79 Å². The molecule has 0 bridgehead atoms. The molecule has 2 heterocycles. The van der Waals surface area contributed by atoms with Crippen LogP contribution in [0.1, 0.15) is 110 Å². The molecule has 37 heavy (non-hydrogen) atoms. The first-order chi connectivity index (χ1) is 17.9. The highest BCUT2D eigenvalue weighted by molar-refractivity contribution is 9.10. The van der Waals surface area contributed by atoms with Gasteiger partial charge in [0.15, 0.2) is 6.23 Å². The van der Waals surface area contributed by atoms with Gasteiger partial charge in [-0.3, -0.25) is 15.0 Å². The van der Waals surface area contributed by atoms with Crippen LogP contribution in [0.2, 0.25) is 0 Å². The van der Waals surface area contributed by atoms with E-state index in [4.69, 9.17) is 15.0 Å². The van der Waals surface area contributed by atoms with Gasteiger partial charge < -0.3 is 14.6 Å². The van der Waals surface area contributed by atoms with Crippen LogP contribution in [0.3, 0.4) is 0 Å². The molecule has 3 amide bonds. The molecule has 0 saturated carbocycles. The fourth-order valence-corrected chi connectivity index (χ4v) is 5.46. The summed E-state index contributed by atoms with van der Waals surface area (Å²) in [4.78, 5) is 29.4. The summed E-state index contributed by atoms with van der Waals surface area (Å²) in [6.07, 6.45) is 15.4. The molecule has 0 radical (unpaired) electrons. The number of halogens is 1. The van der Waals surface area contributed by atoms with Crippen LogP contribution in [0.4, 0.5) is 4.79 Å². The van der Waals surface area contributed by atoms with Crippen molar-refractivity contribution in [3.05, 3.63) is 10.4 Å². The maximum Gasteiger partial charge on any atom is 0.328 e. The number of imide groups is 1. The van der Waals surface area contributed by atoms with E-state index in [2.05, 4.69) is 38.2 Å². The summed E-state index contributed by atoms with van der Waals surface area (Å²) in [7, 11) is 0. The number of azide groups is 1. The number of nitrogens with zero attached hydrogens (tertiary/aromatic N) is 4. The van der Waals surface area contributed by atoms with Crippen LogP contribution in [-0.2, 0) is 14.3 Å². The monoisotopic (exact) mass is 587 g/mol. The van der Waals surface area contributed by atoms with E-state index in [1.807, 2.05) is 0 Å². The lowest BCUT2D eigenvalue weighted by Crippen LogP contribution is -2.69. The SMILES string of the molecule is CCCCCCCCCCCCCCCCO[C@H]1N(C2CC(N=[N+]=[N-])C(CO)O2)C(=O)NC(=O)[C@]1(C)Br. The molecule has 11 heteroatoms. The predicted molar refractivity (Wildman–Crippen MR) is 146 cm³/mol. The molecule has 2 N–H and O–H groups in total. The van der Waals surface area contributed by atoms with Crippen LogP contribution in [0.25, 0.3) is 10.4 Å². The molecule has 3 unspecified atom stereocenters. The van der Waals surface area contributed by atoms with Gasteiger partial charge in [0.1, 0.15) is 10.6 Å². The van der Waals surface area contributed by atoms with E-state index in [9.17, 15) is 14.7 Å². The Morgan fingerprint density at radius 2 is 1.62 bits per heavy atom. The third kappa shape index (κ3) is 10.0. The topological polar surface area (TPSA) is 137 Å². The summed E-state index contributed by atoms with van der Waals surface area (Å²) < 4.78 is 10.7. The number of amides is 3. The Labute approximate surface area is 230 Å². The van der Waals surface area contributed by atoms with E-state index >= 15 is 0 Å². The standard InChI is InChI=1S/C26H46BrN5O5/c1-3-4-5-6-7-8-9-10-11-12-13-14-15-16-17-36-24-26(2,27)23(34)29-25(35)32(24)22-18-20(30-31-28)21(19-33)37-22/h20-22,24,33H,3-19H2,1-2H3,(H,29,34,35)/t20?,21?,22?,24-,26+/m1/s1. The van der Waals surface area contributed by atoms with Gasteiger partial charge >= 0.3 is 6.03 Å². The molecule has 0 aromatic heterocycles. The second-order valence-corrected chi connectivity index (χ2v) is 12.0. The van der Waals surface area contributed by atoms with Crippen LogP contribution >= 0.6 is 15.9 Å².